The molecule has 1 unspecified atom stereocenters. The van der Waals surface area contributed by atoms with Crippen LogP contribution in [0.5, 0.6) is 0 Å². The Morgan fingerprint density at radius 3 is 2.75 bits per heavy atom. The monoisotopic (exact) mass is 115 g/mol. The van der Waals surface area contributed by atoms with Crippen LogP contribution in [0, 0.1) is 6.61 Å². The van der Waals surface area contributed by atoms with E-state index in [1.165, 1.54) is 0 Å². The van der Waals surface area contributed by atoms with Gasteiger partial charge in [0.1, 0.15) is 6.61 Å². The Hall–Kier alpha value is -0.0800. The Bertz CT molecular complexity index is 74.6. The lowest BCUT2D eigenvalue weighted by Crippen LogP contribution is -2.23. The molecule has 1 radical (unpaired) electrons. The summed E-state index contributed by atoms with van der Waals surface area (Å²) in [7, 11) is 0. The highest BCUT2D eigenvalue weighted by molar-refractivity contribution is 4.70. The molecule has 8 heavy (non-hydrogen) atoms. The Morgan fingerprint density at radius 2 is 2.50 bits per heavy atom. The summed E-state index contributed by atoms with van der Waals surface area (Å²) >= 11 is 0. The molecule has 0 amide bonds. The van der Waals surface area contributed by atoms with E-state index < -0.39 is 0 Å². The molecule has 1 aliphatic rings. The van der Waals surface area contributed by atoms with E-state index in [0.717, 1.165) is 6.42 Å². The van der Waals surface area contributed by atoms with E-state index in [1.807, 2.05) is 13.8 Å². The summed E-state index contributed by atoms with van der Waals surface area (Å²) in [4.78, 5) is 0. The maximum Gasteiger partial charge on any atom is 0.166 e. The molecule has 1 atom stereocenters. The number of hydrogen-bond donors (Lipinski definition) is 0. The lowest BCUT2D eigenvalue weighted by molar-refractivity contribution is -0.135. The van der Waals surface area contributed by atoms with E-state index >= 15 is 0 Å². The van der Waals surface area contributed by atoms with E-state index in [0.29, 0.717) is 6.61 Å². The van der Waals surface area contributed by atoms with Gasteiger partial charge in [0.2, 0.25) is 0 Å². The molecule has 0 spiro atoms. The molecule has 47 valence electrons. The van der Waals surface area contributed by atoms with Crippen molar-refractivity contribution in [1.82, 2.24) is 0 Å². The van der Waals surface area contributed by atoms with Crippen molar-refractivity contribution in [3.8, 4) is 0 Å². The third kappa shape index (κ3) is 1.01. The SMILES string of the molecule is CCC1(C)O[CH]CO1. The van der Waals surface area contributed by atoms with Crippen molar-refractivity contribution in [3.05, 3.63) is 6.61 Å². The summed E-state index contributed by atoms with van der Waals surface area (Å²) in [6.07, 6.45) is 0.906. The normalized spacial score (nSPS) is 26.2. The zero-order chi connectivity index (χ0) is 6.04. The van der Waals surface area contributed by atoms with Gasteiger partial charge in [0.05, 0.1) is 6.61 Å². The third-order valence-electron chi connectivity index (χ3n) is 1.43. The first-order chi connectivity index (χ1) is 3.77. The topological polar surface area (TPSA) is 18.5 Å². The van der Waals surface area contributed by atoms with Gasteiger partial charge in [-0.2, -0.15) is 0 Å². The highest BCUT2D eigenvalue weighted by Crippen LogP contribution is 2.23. The molecule has 2 heteroatoms. The Balaban J connectivity index is 2.40. The molecule has 0 aliphatic carbocycles. The molecule has 2 nitrogen and oxygen atoms in total. The summed E-state index contributed by atoms with van der Waals surface area (Å²) in [6.45, 7) is 6.31. The zero-order valence-electron chi connectivity index (χ0n) is 5.31. The van der Waals surface area contributed by atoms with E-state index in [4.69, 9.17) is 9.47 Å². The highest BCUT2D eigenvalue weighted by atomic mass is 16.7. The van der Waals surface area contributed by atoms with Gasteiger partial charge in [-0.05, 0) is 13.3 Å². The number of ether oxygens (including phenoxy) is 2. The van der Waals surface area contributed by atoms with E-state index in [1.54, 1.807) is 6.61 Å². The quantitative estimate of drug-likeness (QED) is 0.513. The van der Waals surface area contributed by atoms with E-state index in [-0.39, 0.29) is 5.79 Å². The fraction of sp³-hybridized carbons (Fsp3) is 0.833. The fourth-order valence-electron chi connectivity index (χ4n) is 0.640. The zero-order valence-corrected chi connectivity index (χ0v) is 5.31. The van der Waals surface area contributed by atoms with Crippen molar-refractivity contribution < 1.29 is 9.47 Å². The van der Waals surface area contributed by atoms with Crippen LogP contribution >= 0.6 is 0 Å². The first-order valence-corrected chi connectivity index (χ1v) is 2.90. The van der Waals surface area contributed by atoms with Gasteiger partial charge in [0.25, 0.3) is 0 Å². The molecule has 0 aromatic heterocycles. The van der Waals surface area contributed by atoms with Crippen molar-refractivity contribution in [2.75, 3.05) is 6.61 Å². The maximum absolute atomic E-state index is 5.21. The molecule has 1 heterocycles. The van der Waals surface area contributed by atoms with Gasteiger partial charge in [-0.1, -0.05) is 6.92 Å². The van der Waals surface area contributed by atoms with Crippen LogP contribution in [-0.4, -0.2) is 12.4 Å². The van der Waals surface area contributed by atoms with E-state index in [2.05, 4.69) is 0 Å². The summed E-state index contributed by atoms with van der Waals surface area (Å²) < 4.78 is 10.4. The average Bonchev–Trinajstić information content (AvgIpc) is 2.17. The summed E-state index contributed by atoms with van der Waals surface area (Å²) in [5.41, 5.74) is 0. The van der Waals surface area contributed by atoms with Crippen molar-refractivity contribution in [3.63, 3.8) is 0 Å². The summed E-state index contributed by atoms with van der Waals surface area (Å²) in [5.74, 6) is -0.319. The molecular formula is C6H11O2. The van der Waals surface area contributed by atoms with Crippen LogP contribution in [0.15, 0.2) is 0 Å². The lowest BCUT2D eigenvalue weighted by Gasteiger charge is -2.18. The van der Waals surface area contributed by atoms with Crippen LogP contribution < -0.4 is 0 Å². The lowest BCUT2D eigenvalue weighted by atomic mass is 10.2. The van der Waals surface area contributed by atoms with Crippen molar-refractivity contribution in [2.45, 2.75) is 26.1 Å². The number of rotatable bonds is 1. The Morgan fingerprint density at radius 1 is 1.75 bits per heavy atom. The largest absolute Gasteiger partial charge is 0.347 e. The van der Waals surface area contributed by atoms with E-state index in [9.17, 15) is 0 Å². The first kappa shape index (κ1) is 6.05. The molecule has 0 bridgehead atoms. The molecule has 1 aliphatic heterocycles. The molecule has 0 aromatic carbocycles. The van der Waals surface area contributed by atoms with Crippen molar-refractivity contribution >= 4 is 0 Å². The van der Waals surface area contributed by atoms with Crippen LogP contribution in [0.25, 0.3) is 0 Å². The standard InChI is InChI=1S/C6H11O2/c1-3-6(2)7-4-5-8-6/h4H,3,5H2,1-2H3. The second-order valence-electron chi connectivity index (χ2n) is 2.08. The fourth-order valence-corrected chi connectivity index (χ4v) is 0.640. The maximum atomic E-state index is 5.21. The second kappa shape index (κ2) is 2.03. The van der Waals surface area contributed by atoms with Crippen LogP contribution in [0.3, 0.4) is 0 Å². The highest BCUT2D eigenvalue weighted by Gasteiger charge is 2.28. The van der Waals surface area contributed by atoms with Crippen molar-refractivity contribution in [2.24, 2.45) is 0 Å². The van der Waals surface area contributed by atoms with Crippen LogP contribution in [-0.2, 0) is 9.47 Å². The van der Waals surface area contributed by atoms with Crippen LogP contribution in [0.2, 0.25) is 0 Å². The van der Waals surface area contributed by atoms with Crippen LogP contribution in [0.4, 0.5) is 0 Å². The van der Waals surface area contributed by atoms with Gasteiger partial charge >= 0.3 is 0 Å². The van der Waals surface area contributed by atoms with Gasteiger partial charge in [-0.3, -0.25) is 0 Å². The Labute approximate surface area is 49.8 Å². The Kier molecular flexibility index (Phi) is 1.54. The van der Waals surface area contributed by atoms with Gasteiger partial charge in [0.15, 0.2) is 5.79 Å². The van der Waals surface area contributed by atoms with Gasteiger partial charge in [0, 0.05) is 0 Å². The van der Waals surface area contributed by atoms with Crippen molar-refractivity contribution in [1.29, 1.82) is 0 Å². The van der Waals surface area contributed by atoms with Gasteiger partial charge in [-0.25, -0.2) is 0 Å². The second-order valence-corrected chi connectivity index (χ2v) is 2.08. The number of hydrogen-bond acceptors (Lipinski definition) is 2. The van der Waals surface area contributed by atoms with Gasteiger partial charge < -0.3 is 9.47 Å². The molecule has 1 rings (SSSR count). The predicted molar refractivity (Wildman–Crippen MR) is 30.0 cm³/mol. The van der Waals surface area contributed by atoms with Crippen LogP contribution in [0.1, 0.15) is 20.3 Å². The smallest absolute Gasteiger partial charge is 0.166 e. The molecule has 0 N–H and O–H groups in total. The average molecular weight is 115 g/mol. The predicted octanol–water partition coefficient (Wildman–Crippen LogP) is 1.32. The molecule has 1 saturated heterocycles. The first-order valence-electron chi connectivity index (χ1n) is 2.90. The summed E-state index contributed by atoms with van der Waals surface area (Å²) in [5, 5.41) is 0. The van der Waals surface area contributed by atoms with Gasteiger partial charge in [-0.15, -0.1) is 0 Å². The minimum absolute atomic E-state index is 0.319. The minimum Gasteiger partial charge on any atom is -0.347 e. The molecular weight excluding hydrogens is 104 g/mol. The summed E-state index contributed by atoms with van der Waals surface area (Å²) in [6, 6.07) is 0. The molecule has 1 fully saturated rings. The molecule has 0 aromatic rings. The minimum atomic E-state index is -0.319. The third-order valence-corrected chi connectivity index (χ3v) is 1.43. The molecule has 0 saturated carbocycles.